The van der Waals surface area contributed by atoms with Crippen molar-refractivity contribution in [2.75, 3.05) is 34.4 Å². The number of likely N-dealkylation sites (tertiary alicyclic amines) is 1. The first-order valence-corrected chi connectivity index (χ1v) is 20.3. The third kappa shape index (κ3) is 12.3. The fraction of sp³-hybridized carbons (Fsp3) is 0.455. The average Bonchev–Trinajstić information content (AvgIpc) is 4.03. The average molecular weight is 815 g/mol. The lowest BCUT2D eigenvalue weighted by Crippen LogP contribution is -2.48. The highest BCUT2D eigenvalue weighted by Crippen LogP contribution is 2.35. The number of halogens is 1. The summed E-state index contributed by atoms with van der Waals surface area (Å²) in [5, 5.41) is 7.69. The van der Waals surface area contributed by atoms with E-state index in [2.05, 4.69) is 56.0 Å². The number of rotatable bonds is 16. The molecule has 1 saturated heterocycles. The highest BCUT2D eigenvalue weighted by Gasteiger charge is 2.36. The molecule has 3 aromatic carbocycles. The van der Waals surface area contributed by atoms with Crippen LogP contribution in [-0.4, -0.2) is 89.6 Å². The van der Waals surface area contributed by atoms with E-state index < -0.39 is 12.1 Å². The summed E-state index contributed by atoms with van der Waals surface area (Å²) >= 11 is 0. The van der Waals surface area contributed by atoms with Crippen LogP contribution in [0.2, 0.25) is 0 Å². The van der Waals surface area contributed by atoms with Gasteiger partial charge in [0.2, 0.25) is 11.8 Å². The molecule has 15 heteroatoms. The lowest BCUT2D eigenvalue weighted by molar-refractivity contribution is -0.134. The van der Waals surface area contributed by atoms with Gasteiger partial charge in [0.15, 0.2) is 0 Å². The van der Waals surface area contributed by atoms with Gasteiger partial charge in [-0.25, -0.2) is 19.2 Å². The number of nitrogens with zero attached hydrogens (tertiary/aromatic N) is 3. The number of nitrogens with two attached hydrogens (primary N) is 1. The predicted molar refractivity (Wildman–Crippen MR) is 228 cm³/mol. The van der Waals surface area contributed by atoms with Gasteiger partial charge in [0.05, 0.1) is 43.2 Å². The number of alkyl carbamates (subject to hydrolysis) is 1. The standard InChI is InChI=1S/C41H50FN7O4.C2H4O2.CH5N/c1-5-10-32(48-41(52)53-4)40(51)49-18-9-11-36(49)39-46-33-22-30(31(42)23-34(33)47-39)28-15-13-27-21-29(16-14-26(27)20-28)35-24-44-37(45-35)12-7-8-17-43-38(50)19-25(3)6-2;1-4-2-3;1-2/h13-16,20-25,32,36H,5-12,17-19H2,1-4H3,(H,43,50)(H,44,45)(H,46,47)(H,48,52);2H,1H3;2H2,1H3. The van der Waals surface area contributed by atoms with Crippen molar-refractivity contribution in [3.63, 3.8) is 0 Å². The normalized spacial score (nSPS) is 14.4. The Morgan fingerprint density at radius 1 is 1.03 bits per heavy atom. The van der Waals surface area contributed by atoms with E-state index in [0.29, 0.717) is 67.2 Å². The first-order chi connectivity index (χ1) is 28.6. The van der Waals surface area contributed by atoms with Crippen LogP contribution >= 0.6 is 0 Å². The van der Waals surface area contributed by atoms with Gasteiger partial charge < -0.3 is 40.7 Å². The van der Waals surface area contributed by atoms with Crippen LogP contribution in [0.3, 0.4) is 0 Å². The van der Waals surface area contributed by atoms with E-state index >= 15 is 4.39 Å². The Morgan fingerprint density at radius 2 is 1.75 bits per heavy atom. The molecule has 318 valence electrons. The minimum Gasteiger partial charge on any atom is -0.471 e. The summed E-state index contributed by atoms with van der Waals surface area (Å²) in [7, 11) is 4.09. The summed E-state index contributed by atoms with van der Waals surface area (Å²) in [6.07, 6.45) is 8.14. The number of carbonyl (C=O) groups excluding carboxylic acids is 4. The zero-order valence-corrected chi connectivity index (χ0v) is 35.0. The molecule has 1 aliphatic rings. The van der Waals surface area contributed by atoms with Gasteiger partial charge in [-0.05, 0) is 79.6 Å². The third-order valence-electron chi connectivity index (χ3n) is 10.4. The maximum Gasteiger partial charge on any atom is 0.407 e. The number of hydrogen-bond acceptors (Lipinski definition) is 9. The molecular formula is C44H59FN8O6. The number of amides is 3. The number of benzene rings is 3. The molecule has 3 atom stereocenters. The molecule has 3 unspecified atom stereocenters. The molecule has 0 saturated carbocycles. The van der Waals surface area contributed by atoms with Gasteiger partial charge in [0.25, 0.3) is 6.47 Å². The van der Waals surface area contributed by atoms with E-state index in [1.165, 1.54) is 27.3 Å². The Kier molecular flexibility index (Phi) is 17.8. The van der Waals surface area contributed by atoms with E-state index in [4.69, 9.17) is 14.5 Å². The SMILES string of the molecule is CCCC(NC(=O)OC)C(=O)N1CCCC1c1nc2cc(-c3ccc4cc(-c5cnc(CCCCNC(=O)CC(C)CC)[nH]5)ccc4c3)c(F)cc2[nH]1.CN.COC=O. The van der Waals surface area contributed by atoms with Crippen molar-refractivity contribution >= 4 is 46.2 Å². The Bertz CT molecular complexity index is 2150. The number of unbranched alkanes of at least 4 members (excludes halogenated alkanes) is 1. The number of hydrogen-bond donors (Lipinski definition) is 5. The van der Waals surface area contributed by atoms with Crippen LogP contribution in [-0.2, 0) is 30.3 Å². The van der Waals surface area contributed by atoms with Gasteiger partial charge in [-0.1, -0.05) is 57.9 Å². The summed E-state index contributed by atoms with van der Waals surface area (Å²) in [6.45, 7) is 7.75. The molecule has 1 fully saturated rings. The Labute approximate surface area is 345 Å². The van der Waals surface area contributed by atoms with Gasteiger partial charge in [-0.2, -0.15) is 0 Å². The van der Waals surface area contributed by atoms with E-state index in [9.17, 15) is 14.4 Å². The second kappa shape index (κ2) is 22.9. The topological polar surface area (TPSA) is 197 Å². The van der Waals surface area contributed by atoms with Crippen molar-refractivity contribution in [2.45, 2.75) is 90.6 Å². The number of H-pyrrole nitrogens is 2. The van der Waals surface area contributed by atoms with Crippen LogP contribution in [0.1, 0.15) is 89.8 Å². The number of methoxy groups -OCH3 is 2. The van der Waals surface area contributed by atoms with Crippen molar-refractivity contribution in [3.05, 3.63) is 72.2 Å². The number of imidazole rings is 2. The molecule has 3 amide bonds. The number of fused-ring (bicyclic) bond motifs is 2. The van der Waals surface area contributed by atoms with Crippen molar-refractivity contribution < 1.29 is 33.0 Å². The molecule has 2 aromatic heterocycles. The number of ether oxygens (including phenoxy) is 2. The number of aromatic amines is 2. The molecule has 6 N–H and O–H groups in total. The smallest absolute Gasteiger partial charge is 0.407 e. The van der Waals surface area contributed by atoms with Crippen LogP contribution in [0.25, 0.3) is 44.2 Å². The quantitative estimate of drug-likeness (QED) is 0.0500. The highest BCUT2D eigenvalue weighted by molar-refractivity contribution is 5.92. The highest BCUT2D eigenvalue weighted by atomic mass is 19.1. The van der Waals surface area contributed by atoms with Crippen molar-refractivity contribution in [3.8, 4) is 22.4 Å². The fourth-order valence-corrected chi connectivity index (χ4v) is 7.09. The number of aryl methyl sites for hydroxylation is 1. The van der Waals surface area contributed by atoms with E-state index in [1.807, 2.05) is 43.5 Å². The van der Waals surface area contributed by atoms with E-state index in [0.717, 1.165) is 71.9 Å². The van der Waals surface area contributed by atoms with E-state index in [-0.39, 0.29) is 23.7 Å². The van der Waals surface area contributed by atoms with E-state index in [1.54, 1.807) is 11.0 Å². The second-order valence-electron chi connectivity index (χ2n) is 14.5. The molecule has 0 bridgehead atoms. The first-order valence-electron chi connectivity index (χ1n) is 20.3. The Morgan fingerprint density at radius 3 is 2.42 bits per heavy atom. The maximum atomic E-state index is 15.7. The maximum absolute atomic E-state index is 15.7. The van der Waals surface area contributed by atoms with Crippen molar-refractivity contribution in [1.82, 2.24) is 35.5 Å². The molecule has 59 heavy (non-hydrogen) atoms. The lowest BCUT2D eigenvalue weighted by atomic mass is 9.98. The molecular weight excluding hydrogens is 756 g/mol. The van der Waals surface area contributed by atoms with Gasteiger partial charge in [-0.15, -0.1) is 0 Å². The second-order valence-corrected chi connectivity index (χ2v) is 14.5. The Hall–Kier alpha value is -5.83. The fourth-order valence-electron chi connectivity index (χ4n) is 7.09. The summed E-state index contributed by atoms with van der Waals surface area (Å²) in [5.41, 5.74) is 8.81. The van der Waals surface area contributed by atoms with Gasteiger partial charge in [0.1, 0.15) is 23.5 Å². The molecule has 0 aliphatic carbocycles. The largest absolute Gasteiger partial charge is 0.471 e. The summed E-state index contributed by atoms with van der Waals surface area (Å²) in [6, 6.07) is 14.3. The molecule has 1 aliphatic heterocycles. The molecule has 0 spiro atoms. The summed E-state index contributed by atoms with van der Waals surface area (Å²) in [5.74, 6) is 1.50. The van der Waals surface area contributed by atoms with Crippen LogP contribution in [0, 0.1) is 11.7 Å². The Balaban J connectivity index is 0.00000121. The zero-order valence-electron chi connectivity index (χ0n) is 35.0. The molecule has 0 radical (unpaired) electrons. The zero-order chi connectivity index (χ0) is 42.9. The minimum absolute atomic E-state index is 0.122. The van der Waals surface area contributed by atoms with Crippen LogP contribution in [0.5, 0.6) is 0 Å². The van der Waals surface area contributed by atoms with Gasteiger partial charge in [-0.3, -0.25) is 14.4 Å². The summed E-state index contributed by atoms with van der Waals surface area (Å²) in [4.78, 5) is 64.3. The van der Waals surface area contributed by atoms with Crippen molar-refractivity contribution in [1.29, 1.82) is 0 Å². The van der Waals surface area contributed by atoms with Crippen LogP contribution in [0.15, 0.2) is 54.7 Å². The predicted octanol–water partition coefficient (Wildman–Crippen LogP) is 7.34. The molecule has 14 nitrogen and oxygen atoms in total. The lowest BCUT2D eigenvalue weighted by Gasteiger charge is -2.28. The number of aromatic nitrogens is 4. The number of carbonyl (C=O) groups is 4. The number of nitrogens with one attached hydrogen (secondary N) is 4. The van der Waals surface area contributed by atoms with Gasteiger partial charge >= 0.3 is 6.09 Å². The monoisotopic (exact) mass is 814 g/mol. The third-order valence-corrected chi connectivity index (χ3v) is 10.4. The van der Waals surface area contributed by atoms with Crippen LogP contribution < -0.4 is 16.4 Å². The van der Waals surface area contributed by atoms with Crippen LogP contribution in [0.4, 0.5) is 9.18 Å². The summed E-state index contributed by atoms with van der Waals surface area (Å²) < 4.78 is 24.3. The molecule has 5 aromatic rings. The van der Waals surface area contributed by atoms with Gasteiger partial charge in [0, 0.05) is 43.1 Å². The minimum atomic E-state index is -0.691. The van der Waals surface area contributed by atoms with Crippen molar-refractivity contribution in [2.24, 2.45) is 11.7 Å². The molecule has 3 heterocycles. The molecule has 6 rings (SSSR count). The first kappa shape index (κ1) is 45.9.